The number of ether oxygens (including phenoxy) is 1. The summed E-state index contributed by atoms with van der Waals surface area (Å²) < 4.78 is 5.62. The van der Waals surface area contributed by atoms with Gasteiger partial charge in [-0.3, -0.25) is 0 Å². The van der Waals surface area contributed by atoms with E-state index in [2.05, 4.69) is 19.9 Å². The van der Waals surface area contributed by atoms with Gasteiger partial charge in [-0.25, -0.2) is 4.79 Å². The van der Waals surface area contributed by atoms with Crippen LogP contribution in [0.4, 0.5) is 0 Å². The third-order valence-corrected chi connectivity index (χ3v) is 5.66. The van der Waals surface area contributed by atoms with Crippen LogP contribution in [0.15, 0.2) is 18.2 Å². The third kappa shape index (κ3) is 12.6. The van der Waals surface area contributed by atoms with Gasteiger partial charge < -0.3 is 9.84 Å². The number of hydrogen-bond acceptors (Lipinski definition) is 2. The summed E-state index contributed by atoms with van der Waals surface area (Å²) in [5.41, 5.74) is 2.60. The van der Waals surface area contributed by atoms with Gasteiger partial charge >= 0.3 is 5.97 Å². The first kappa shape index (κ1) is 25.5. The van der Waals surface area contributed by atoms with Crippen LogP contribution in [0.3, 0.4) is 0 Å². The number of unbranched alkanes of at least 4 members (excludes halogenated alkanes) is 12. The van der Waals surface area contributed by atoms with Crippen LogP contribution in [0.5, 0.6) is 5.75 Å². The molecule has 166 valence electrons. The Morgan fingerprint density at radius 1 is 0.759 bits per heavy atom. The van der Waals surface area contributed by atoms with Gasteiger partial charge in [-0.1, -0.05) is 103 Å². The molecular weight excluding hydrogens is 360 g/mol. The summed E-state index contributed by atoms with van der Waals surface area (Å²) in [5.74, 6) is -0.136. The van der Waals surface area contributed by atoms with E-state index in [0.29, 0.717) is 0 Å². The number of carboxylic acids is 1. The molecule has 0 bridgehead atoms. The van der Waals surface area contributed by atoms with Crippen LogP contribution in [0.2, 0.25) is 0 Å². The lowest BCUT2D eigenvalue weighted by Crippen LogP contribution is -2.11. The average Bonchev–Trinajstić information content (AvgIpc) is 2.71. The second-order valence-electron chi connectivity index (χ2n) is 8.32. The third-order valence-electron chi connectivity index (χ3n) is 5.66. The minimum atomic E-state index is -0.913. The molecule has 3 nitrogen and oxygen atoms in total. The lowest BCUT2D eigenvalue weighted by atomic mass is 9.95. The quantitative estimate of drug-likeness (QED) is 0.240. The van der Waals surface area contributed by atoms with E-state index in [1.165, 1.54) is 94.6 Å². The number of hydrogen-bond donors (Lipinski definition) is 1. The highest BCUT2D eigenvalue weighted by atomic mass is 16.5. The Morgan fingerprint density at radius 3 is 1.83 bits per heavy atom. The second kappa shape index (κ2) is 17.4. The smallest absolute Gasteiger partial charge is 0.341 e. The Balaban J connectivity index is 2.53. The summed E-state index contributed by atoms with van der Waals surface area (Å²) in [6, 6.07) is 6.16. The van der Waals surface area contributed by atoms with E-state index in [4.69, 9.17) is 9.84 Å². The van der Waals surface area contributed by atoms with Gasteiger partial charge in [0.15, 0.2) is 6.61 Å². The lowest BCUT2D eigenvalue weighted by Gasteiger charge is -2.15. The van der Waals surface area contributed by atoms with Crippen molar-refractivity contribution in [3.63, 3.8) is 0 Å². The van der Waals surface area contributed by atoms with Crippen molar-refractivity contribution in [3.05, 3.63) is 29.3 Å². The van der Waals surface area contributed by atoms with E-state index in [1.807, 2.05) is 12.1 Å². The molecule has 1 aromatic rings. The summed E-state index contributed by atoms with van der Waals surface area (Å²) >= 11 is 0. The molecule has 0 aromatic heterocycles. The van der Waals surface area contributed by atoms with Crippen molar-refractivity contribution in [3.8, 4) is 5.75 Å². The van der Waals surface area contributed by atoms with Crippen molar-refractivity contribution in [1.82, 2.24) is 0 Å². The van der Waals surface area contributed by atoms with Gasteiger partial charge in [0, 0.05) is 0 Å². The van der Waals surface area contributed by atoms with Gasteiger partial charge in [0.1, 0.15) is 5.75 Å². The van der Waals surface area contributed by atoms with E-state index in [-0.39, 0.29) is 6.61 Å². The summed E-state index contributed by atoms with van der Waals surface area (Å²) in [4.78, 5) is 10.9. The first-order valence-electron chi connectivity index (χ1n) is 12.1. The number of aryl methyl sites for hydroxylation is 1. The van der Waals surface area contributed by atoms with Crippen molar-refractivity contribution >= 4 is 5.97 Å². The second-order valence-corrected chi connectivity index (χ2v) is 8.32. The van der Waals surface area contributed by atoms with Crippen molar-refractivity contribution in [2.24, 2.45) is 0 Å². The molecule has 0 heterocycles. The van der Waals surface area contributed by atoms with Crippen molar-refractivity contribution in [2.75, 3.05) is 6.61 Å². The largest absolute Gasteiger partial charge is 0.482 e. The van der Waals surface area contributed by atoms with Gasteiger partial charge in [0.25, 0.3) is 0 Å². The number of carboxylic acid groups (broad SMARTS) is 1. The molecule has 0 unspecified atom stereocenters. The molecule has 0 aliphatic carbocycles. The lowest BCUT2D eigenvalue weighted by molar-refractivity contribution is -0.139. The number of aliphatic carboxylic acids is 1. The summed E-state index contributed by atoms with van der Waals surface area (Å²) in [7, 11) is 0. The van der Waals surface area contributed by atoms with Gasteiger partial charge in [-0.05, 0) is 42.9 Å². The Hall–Kier alpha value is -1.51. The van der Waals surface area contributed by atoms with Crippen molar-refractivity contribution in [1.29, 1.82) is 0 Å². The predicted molar refractivity (Wildman–Crippen MR) is 123 cm³/mol. The Labute approximate surface area is 179 Å². The van der Waals surface area contributed by atoms with Crippen LogP contribution < -0.4 is 4.74 Å². The van der Waals surface area contributed by atoms with Crippen LogP contribution in [-0.4, -0.2) is 17.7 Å². The number of carbonyl (C=O) groups is 1. The fourth-order valence-electron chi connectivity index (χ4n) is 3.94. The first-order valence-corrected chi connectivity index (χ1v) is 12.1. The Bertz CT molecular complexity index is 539. The SMILES string of the molecule is CCCCCCCCCc1cccc(OCC(=O)O)c1CCCCCCCCC. The zero-order chi connectivity index (χ0) is 21.2. The minimum absolute atomic E-state index is 0.259. The molecule has 1 N–H and O–H groups in total. The molecule has 0 spiro atoms. The standard InChI is InChI=1S/C26H44O3/c1-3-5-7-9-11-13-15-18-23-19-17-21-25(29-22-26(27)28)24(23)20-16-14-12-10-8-6-4-2/h17,19,21H,3-16,18,20,22H2,1-2H3,(H,27,28). The van der Waals surface area contributed by atoms with Gasteiger partial charge in [-0.2, -0.15) is 0 Å². The molecular formula is C26H44O3. The van der Waals surface area contributed by atoms with Crippen LogP contribution in [0.1, 0.15) is 115 Å². The molecule has 0 aliphatic heterocycles. The van der Waals surface area contributed by atoms with Crippen molar-refractivity contribution in [2.45, 2.75) is 117 Å². The fourth-order valence-corrected chi connectivity index (χ4v) is 3.94. The highest BCUT2D eigenvalue weighted by Gasteiger charge is 2.11. The minimum Gasteiger partial charge on any atom is -0.482 e. The van der Waals surface area contributed by atoms with Gasteiger partial charge in [0.2, 0.25) is 0 Å². The zero-order valence-electron chi connectivity index (χ0n) is 19.0. The number of benzene rings is 1. The molecule has 3 heteroatoms. The summed E-state index contributed by atoms with van der Waals surface area (Å²) in [6.45, 7) is 4.25. The molecule has 0 aliphatic rings. The van der Waals surface area contributed by atoms with Gasteiger partial charge in [0.05, 0.1) is 0 Å². The first-order chi connectivity index (χ1) is 14.2. The molecule has 0 atom stereocenters. The Kier molecular flexibility index (Phi) is 15.3. The van der Waals surface area contributed by atoms with Crippen LogP contribution in [0.25, 0.3) is 0 Å². The molecule has 0 saturated heterocycles. The molecule has 0 radical (unpaired) electrons. The topological polar surface area (TPSA) is 46.5 Å². The molecule has 0 saturated carbocycles. The van der Waals surface area contributed by atoms with E-state index < -0.39 is 5.97 Å². The fraction of sp³-hybridized carbons (Fsp3) is 0.731. The predicted octanol–water partition coefficient (Wildman–Crippen LogP) is 7.74. The molecule has 1 rings (SSSR count). The summed E-state index contributed by atoms with van der Waals surface area (Å²) in [6.07, 6.45) is 20.2. The van der Waals surface area contributed by atoms with Crippen molar-refractivity contribution < 1.29 is 14.6 Å². The van der Waals surface area contributed by atoms with Crippen LogP contribution in [-0.2, 0) is 17.6 Å². The van der Waals surface area contributed by atoms with Crippen LogP contribution in [0, 0.1) is 0 Å². The highest BCUT2D eigenvalue weighted by molar-refractivity contribution is 5.68. The number of rotatable bonds is 19. The highest BCUT2D eigenvalue weighted by Crippen LogP contribution is 2.27. The van der Waals surface area contributed by atoms with E-state index in [9.17, 15) is 4.79 Å². The van der Waals surface area contributed by atoms with E-state index >= 15 is 0 Å². The maximum absolute atomic E-state index is 10.9. The summed E-state index contributed by atoms with van der Waals surface area (Å²) in [5, 5.41) is 8.99. The molecule has 1 aromatic carbocycles. The van der Waals surface area contributed by atoms with Gasteiger partial charge in [-0.15, -0.1) is 0 Å². The molecule has 29 heavy (non-hydrogen) atoms. The molecule has 0 amide bonds. The maximum atomic E-state index is 10.9. The van der Waals surface area contributed by atoms with Crippen LogP contribution >= 0.6 is 0 Å². The monoisotopic (exact) mass is 404 g/mol. The molecule has 0 fully saturated rings. The maximum Gasteiger partial charge on any atom is 0.341 e. The Morgan fingerprint density at radius 2 is 1.28 bits per heavy atom. The zero-order valence-corrected chi connectivity index (χ0v) is 19.0. The van der Waals surface area contributed by atoms with E-state index in [1.54, 1.807) is 0 Å². The normalized spacial score (nSPS) is 11.0. The van der Waals surface area contributed by atoms with E-state index in [0.717, 1.165) is 25.0 Å². The average molecular weight is 405 g/mol.